The van der Waals surface area contributed by atoms with Gasteiger partial charge in [0, 0.05) is 41.0 Å². The van der Waals surface area contributed by atoms with Crippen molar-refractivity contribution >= 4 is 39.7 Å². The van der Waals surface area contributed by atoms with Gasteiger partial charge in [-0.2, -0.15) is 11.3 Å². The Hall–Kier alpha value is -2.56. The number of aromatic nitrogens is 1. The number of thiophene rings is 1. The summed E-state index contributed by atoms with van der Waals surface area (Å²) in [6, 6.07) is 18.1. The van der Waals surface area contributed by atoms with Gasteiger partial charge in [-0.05, 0) is 52.1 Å². The number of aryl methyl sites for hydroxylation is 1. The van der Waals surface area contributed by atoms with Gasteiger partial charge in [-0.3, -0.25) is 4.79 Å². The van der Waals surface area contributed by atoms with E-state index in [0.717, 1.165) is 28.5 Å². The number of rotatable bonds is 7. The number of hydrogen-bond acceptors (Lipinski definition) is 2. The van der Waals surface area contributed by atoms with Crippen LogP contribution < -0.4 is 5.32 Å². The molecule has 2 N–H and O–H groups in total. The molecule has 0 bridgehead atoms. The van der Waals surface area contributed by atoms with Crippen molar-refractivity contribution in [3.05, 3.63) is 93.3 Å². The molecule has 0 unspecified atom stereocenters. The number of amides is 1. The number of carbonyl (C=O) groups excluding carboxylic acids is 1. The first-order chi connectivity index (χ1) is 13.7. The summed E-state index contributed by atoms with van der Waals surface area (Å²) in [4.78, 5) is 15.8. The zero-order chi connectivity index (χ0) is 19.3. The van der Waals surface area contributed by atoms with Gasteiger partial charge in [0.2, 0.25) is 5.91 Å². The molecule has 4 aromatic rings. The number of fused-ring (bicyclic) bond motifs is 1. The van der Waals surface area contributed by atoms with Crippen molar-refractivity contribution in [2.75, 3.05) is 6.54 Å². The fourth-order valence-corrected chi connectivity index (χ4v) is 4.50. The van der Waals surface area contributed by atoms with Crippen molar-refractivity contribution in [1.29, 1.82) is 0 Å². The highest BCUT2D eigenvalue weighted by atomic mass is 35.5. The van der Waals surface area contributed by atoms with Crippen LogP contribution >= 0.6 is 22.9 Å². The van der Waals surface area contributed by atoms with Crippen molar-refractivity contribution in [1.82, 2.24) is 10.3 Å². The maximum absolute atomic E-state index is 12.4. The highest BCUT2D eigenvalue weighted by molar-refractivity contribution is 7.07. The van der Waals surface area contributed by atoms with Crippen LogP contribution in [0, 0.1) is 0 Å². The van der Waals surface area contributed by atoms with Gasteiger partial charge in [0.15, 0.2) is 0 Å². The van der Waals surface area contributed by atoms with Crippen LogP contribution in [0.25, 0.3) is 10.9 Å². The summed E-state index contributed by atoms with van der Waals surface area (Å²) >= 11 is 8.17. The average Bonchev–Trinajstić information content (AvgIpc) is 3.38. The summed E-state index contributed by atoms with van der Waals surface area (Å²) in [5.41, 5.74) is 4.45. The Morgan fingerprint density at radius 1 is 1.07 bits per heavy atom. The van der Waals surface area contributed by atoms with Gasteiger partial charge in [-0.1, -0.05) is 48.0 Å². The third kappa shape index (κ3) is 4.13. The summed E-state index contributed by atoms with van der Waals surface area (Å²) in [5, 5.41) is 9.11. The van der Waals surface area contributed by atoms with Crippen LogP contribution in [-0.2, 0) is 11.2 Å². The Balaban J connectivity index is 1.55. The third-order valence-corrected chi connectivity index (χ3v) is 6.08. The van der Waals surface area contributed by atoms with Gasteiger partial charge in [0.1, 0.15) is 0 Å². The molecular formula is C23H21ClN2OS. The van der Waals surface area contributed by atoms with Gasteiger partial charge < -0.3 is 10.3 Å². The molecule has 4 rings (SSSR count). The molecule has 0 aliphatic rings. The van der Waals surface area contributed by atoms with Crippen molar-refractivity contribution in [2.45, 2.75) is 18.8 Å². The van der Waals surface area contributed by atoms with Crippen LogP contribution in [-0.4, -0.2) is 17.4 Å². The van der Waals surface area contributed by atoms with Crippen molar-refractivity contribution in [3.8, 4) is 0 Å². The first-order valence-electron chi connectivity index (χ1n) is 9.30. The van der Waals surface area contributed by atoms with E-state index in [4.69, 9.17) is 11.6 Å². The summed E-state index contributed by atoms with van der Waals surface area (Å²) < 4.78 is 0. The Bertz CT molecular complexity index is 1070. The van der Waals surface area contributed by atoms with Gasteiger partial charge in [-0.25, -0.2) is 0 Å². The van der Waals surface area contributed by atoms with E-state index in [2.05, 4.69) is 33.9 Å². The van der Waals surface area contributed by atoms with Gasteiger partial charge in [0.25, 0.3) is 0 Å². The van der Waals surface area contributed by atoms with Crippen molar-refractivity contribution in [2.24, 2.45) is 0 Å². The lowest BCUT2D eigenvalue weighted by Crippen LogP contribution is -2.29. The summed E-state index contributed by atoms with van der Waals surface area (Å²) in [7, 11) is 0. The van der Waals surface area contributed by atoms with E-state index in [1.165, 1.54) is 5.56 Å². The fraction of sp³-hybridized carbons (Fsp3) is 0.174. The highest BCUT2D eigenvalue weighted by Crippen LogP contribution is 2.34. The second kappa shape index (κ2) is 8.63. The second-order valence-electron chi connectivity index (χ2n) is 6.80. The molecule has 28 heavy (non-hydrogen) atoms. The maximum atomic E-state index is 12.4. The minimum atomic E-state index is -0.0186. The van der Waals surface area contributed by atoms with E-state index in [-0.39, 0.29) is 11.8 Å². The lowest BCUT2D eigenvalue weighted by molar-refractivity contribution is -0.121. The molecule has 0 saturated heterocycles. The van der Waals surface area contributed by atoms with Gasteiger partial charge >= 0.3 is 0 Å². The molecule has 2 aromatic heterocycles. The summed E-state index contributed by atoms with van der Waals surface area (Å²) in [6.45, 7) is 0.508. The smallest absolute Gasteiger partial charge is 0.220 e. The molecule has 0 aliphatic carbocycles. The Labute approximate surface area is 173 Å². The van der Waals surface area contributed by atoms with E-state index in [1.807, 2.05) is 48.0 Å². The topological polar surface area (TPSA) is 44.9 Å². The van der Waals surface area contributed by atoms with Crippen LogP contribution in [0.2, 0.25) is 5.02 Å². The Morgan fingerprint density at radius 2 is 1.89 bits per heavy atom. The van der Waals surface area contributed by atoms with Crippen LogP contribution in [0.1, 0.15) is 29.0 Å². The number of carbonyl (C=O) groups is 1. The number of halogens is 1. The molecule has 0 spiro atoms. The lowest BCUT2D eigenvalue weighted by atomic mass is 9.90. The molecular weight excluding hydrogens is 388 g/mol. The normalized spacial score (nSPS) is 12.2. The number of para-hydroxylation sites is 1. The van der Waals surface area contributed by atoms with Crippen LogP contribution in [0.4, 0.5) is 0 Å². The van der Waals surface area contributed by atoms with Crippen LogP contribution in [0.5, 0.6) is 0 Å². The standard InChI is InChI=1S/C23H21ClN2OS/c24-21-7-3-1-5-17(21)19(20-13-25-22-8-4-2-6-18(20)22)14-26-23(27)10-9-16-11-12-28-15-16/h1-8,11-13,15,19,25H,9-10,14H2,(H,26,27)/t19-/m0/s1. The predicted octanol–water partition coefficient (Wildman–Crippen LogP) is 5.76. The molecule has 1 amide bonds. The fourth-order valence-electron chi connectivity index (χ4n) is 3.52. The van der Waals surface area contributed by atoms with E-state index in [1.54, 1.807) is 11.3 Å². The number of aromatic amines is 1. The van der Waals surface area contributed by atoms with Crippen molar-refractivity contribution < 1.29 is 4.79 Å². The molecule has 0 radical (unpaired) electrons. The highest BCUT2D eigenvalue weighted by Gasteiger charge is 2.21. The monoisotopic (exact) mass is 408 g/mol. The van der Waals surface area contributed by atoms with Crippen LogP contribution in [0.3, 0.4) is 0 Å². The van der Waals surface area contributed by atoms with Crippen molar-refractivity contribution in [3.63, 3.8) is 0 Å². The third-order valence-electron chi connectivity index (χ3n) is 5.00. The number of nitrogens with one attached hydrogen (secondary N) is 2. The van der Waals surface area contributed by atoms with E-state index < -0.39 is 0 Å². The number of benzene rings is 2. The zero-order valence-corrected chi connectivity index (χ0v) is 16.9. The lowest BCUT2D eigenvalue weighted by Gasteiger charge is -2.19. The Kier molecular flexibility index (Phi) is 5.79. The molecule has 142 valence electrons. The quantitative estimate of drug-likeness (QED) is 0.401. The first-order valence-corrected chi connectivity index (χ1v) is 10.6. The SMILES string of the molecule is O=C(CCc1ccsc1)NC[C@@H](c1ccccc1Cl)c1c[nH]c2ccccc12. The van der Waals surface area contributed by atoms with E-state index >= 15 is 0 Å². The molecule has 2 heterocycles. The molecule has 5 heteroatoms. The molecule has 3 nitrogen and oxygen atoms in total. The number of hydrogen-bond donors (Lipinski definition) is 2. The van der Waals surface area contributed by atoms with E-state index in [0.29, 0.717) is 18.0 Å². The molecule has 0 saturated carbocycles. The van der Waals surface area contributed by atoms with Gasteiger partial charge in [-0.15, -0.1) is 0 Å². The average molecular weight is 409 g/mol. The van der Waals surface area contributed by atoms with Gasteiger partial charge in [0.05, 0.1) is 0 Å². The predicted molar refractivity (Wildman–Crippen MR) is 117 cm³/mol. The summed E-state index contributed by atoms with van der Waals surface area (Å²) in [5.74, 6) is 0.0399. The summed E-state index contributed by atoms with van der Waals surface area (Å²) in [6.07, 6.45) is 3.27. The van der Waals surface area contributed by atoms with Crippen LogP contribution in [0.15, 0.2) is 71.6 Å². The largest absolute Gasteiger partial charge is 0.361 e. The number of H-pyrrole nitrogens is 1. The maximum Gasteiger partial charge on any atom is 0.220 e. The van der Waals surface area contributed by atoms with E-state index in [9.17, 15) is 4.79 Å². The minimum Gasteiger partial charge on any atom is -0.361 e. The molecule has 0 aliphatic heterocycles. The Morgan fingerprint density at radius 3 is 2.71 bits per heavy atom. The molecule has 0 fully saturated rings. The first kappa shape index (κ1) is 18.8. The molecule has 2 aromatic carbocycles. The zero-order valence-electron chi connectivity index (χ0n) is 15.3. The molecule has 1 atom stereocenters. The second-order valence-corrected chi connectivity index (χ2v) is 7.99. The minimum absolute atomic E-state index is 0.0186.